The third-order valence-corrected chi connectivity index (χ3v) is 5.68. The average Bonchev–Trinajstić information content (AvgIpc) is 3.16. The Hall–Kier alpha value is -2.61. The highest BCUT2D eigenvalue weighted by Crippen LogP contribution is 2.12. The van der Waals surface area contributed by atoms with E-state index in [1.54, 1.807) is 30.3 Å². The van der Waals surface area contributed by atoms with E-state index in [2.05, 4.69) is 63.3 Å². The molecule has 0 aliphatic carbocycles. The van der Waals surface area contributed by atoms with Crippen molar-refractivity contribution in [3.8, 4) is 0 Å². The van der Waals surface area contributed by atoms with Gasteiger partial charge < -0.3 is 20.0 Å². The number of guanidine groups is 1. The van der Waals surface area contributed by atoms with Crippen LogP contribution in [0.4, 0.5) is 5.69 Å². The van der Waals surface area contributed by atoms with Gasteiger partial charge in [0.15, 0.2) is 5.96 Å². The lowest BCUT2D eigenvalue weighted by Gasteiger charge is -2.23. The summed E-state index contributed by atoms with van der Waals surface area (Å²) in [4.78, 5) is 28.1. The molecule has 0 bridgehead atoms. The molecule has 0 spiro atoms. The first-order valence-corrected chi connectivity index (χ1v) is 11.1. The standard InChI is InChI=1S/C22H34N6OS/c1-18-16-24-20(30-18)12-15-28(5)22(25-17-21(29)26(2)3)23-13-9-14-27(4)19-10-7-6-8-11-19/h6-8,10-11,16H,9,12-15,17H2,1-5H3,(H,23,25). The Labute approximate surface area is 184 Å². The van der Waals surface area contributed by atoms with Crippen LogP contribution in [-0.2, 0) is 11.2 Å². The Kier molecular flexibility index (Phi) is 9.60. The zero-order chi connectivity index (χ0) is 21.9. The zero-order valence-electron chi connectivity index (χ0n) is 18.8. The Balaban J connectivity index is 1.88. The molecule has 0 aliphatic rings. The predicted octanol–water partition coefficient (Wildman–Crippen LogP) is 2.49. The third kappa shape index (κ3) is 8.02. The maximum atomic E-state index is 12.0. The molecule has 7 nitrogen and oxygen atoms in total. The summed E-state index contributed by atoms with van der Waals surface area (Å²) in [5.74, 6) is 0.739. The second-order valence-corrected chi connectivity index (χ2v) is 8.82. The van der Waals surface area contributed by atoms with Gasteiger partial charge in [0, 0.05) is 71.0 Å². The monoisotopic (exact) mass is 430 g/mol. The van der Waals surface area contributed by atoms with Gasteiger partial charge >= 0.3 is 0 Å². The van der Waals surface area contributed by atoms with E-state index in [4.69, 9.17) is 0 Å². The number of hydrogen-bond donors (Lipinski definition) is 1. The second kappa shape index (κ2) is 12.2. The molecule has 1 N–H and O–H groups in total. The van der Waals surface area contributed by atoms with E-state index in [9.17, 15) is 4.79 Å². The van der Waals surface area contributed by atoms with Crippen molar-refractivity contribution in [3.05, 3.63) is 46.4 Å². The minimum absolute atomic E-state index is 0.0120. The van der Waals surface area contributed by atoms with Crippen LogP contribution in [0.25, 0.3) is 0 Å². The summed E-state index contributed by atoms with van der Waals surface area (Å²) < 4.78 is 0. The van der Waals surface area contributed by atoms with Gasteiger partial charge in [-0.3, -0.25) is 4.79 Å². The lowest BCUT2D eigenvalue weighted by atomic mass is 10.3. The van der Waals surface area contributed by atoms with Gasteiger partial charge in [-0.05, 0) is 25.5 Å². The number of likely N-dealkylation sites (N-methyl/N-ethyl adjacent to an activating group) is 2. The average molecular weight is 431 g/mol. The van der Waals surface area contributed by atoms with Crippen LogP contribution in [0.2, 0.25) is 0 Å². The molecule has 0 saturated carbocycles. The Morgan fingerprint density at radius 3 is 2.50 bits per heavy atom. The molecule has 0 saturated heterocycles. The summed E-state index contributed by atoms with van der Waals surface area (Å²) in [6.45, 7) is 4.72. The first-order chi connectivity index (χ1) is 14.4. The van der Waals surface area contributed by atoms with Crippen molar-refractivity contribution in [2.45, 2.75) is 19.8 Å². The third-order valence-electron chi connectivity index (χ3n) is 4.71. The Morgan fingerprint density at radius 1 is 1.13 bits per heavy atom. The summed E-state index contributed by atoms with van der Waals surface area (Å²) >= 11 is 1.72. The van der Waals surface area contributed by atoms with E-state index in [-0.39, 0.29) is 12.5 Å². The molecule has 0 atom stereocenters. The fourth-order valence-electron chi connectivity index (χ4n) is 2.81. The number of aliphatic imine (C=N–C) groups is 1. The summed E-state index contributed by atoms with van der Waals surface area (Å²) in [7, 11) is 7.60. The molecule has 0 fully saturated rings. The van der Waals surface area contributed by atoms with Gasteiger partial charge in [0.05, 0.1) is 5.01 Å². The number of hydrogen-bond acceptors (Lipinski definition) is 5. The number of anilines is 1. The van der Waals surface area contributed by atoms with Gasteiger partial charge in [-0.15, -0.1) is 11.3 Å². The van der Waals surface area contributed by atoms with E-state index in [0.717, 1.165) is 43.4 Å². The number of para-hydroxylation sites is 1. The first-order valence-electron chi connectivity index (χ1n) is 10.2. The number of carbonyl (C=O) groups excluding carboxylic acids is 1. The number of benzene rings is 1. The molecule has 0 radical (unpaired) electrons. The zero-order valence-corrected chi connectivity index (χ0v) is 19.6. The van der Waals surface area contributed by atoms with Gasteiger partial charge in [-0.2, -0.15) is 0 Å². The summed E-state index contributed by atoms with van der Waals surface area (Å²) in [6.07, 6.45) is 3.73. The fraction of sp³-hybridized carbons (Fsp3) is 0.500. The highest BCUT2D eigenvalue weighted by Gasteiger charge is 2.10. The number of aryl methyl sites for hydroxylation is 1. The van der Waals surface area contributed by atoms with Gasteiger partial charge in [-0.25, -0.2) is 9.98 Å². The predicted molar refractivity (Wildman–Crippen MR) is 127 cm³/mol. The van der Waals surface area contributed by atoms with Gasteiger partial charge in [0.1, 0.15) is 6.54 Å². The number of aromatic nitrogens is 1. The molecule has 0 unspecified atom stereocenters. The van der Waals surface area contributed by atoms with Crippen molar-refractivity contribution < 1.29 is 4.79 Å². The molecule has 30 heavy (non-hydrogen) atoms. The van der Waals surface area contributed by atoms with Crippen LogP contribution in [0, 0.1) is 6.92 Å². The molecule has 2 rings (SSSR count). The minimum Gasteiger partial charge on any atom is -0.375 e. The van der Waals surface area contributed by atoms with Crippen molar-refractivity contribution in [1.29, 1.82) is 0 Å². The highest BCUT2D eigenvalue weighted by atomic mass is 32.1. The van der Waals surface area contributed by atoms with Crippen LogP contribution in [0.3, 0.4) is 0 Å². The Bertz CT molecular complexity index is 805. The molecular formula is C22H34N6OS. The normalized spacial score (nSPS) is 11.3. The minimum atomic E-state index is -0.0120. The SMILES string of the molecule is Cc1cnc(CCN(C)C(=NCC(=O)N(C)C)NCCCN(C)c2ccccc2)s1. The molecule has 0 aliphatic heterocycles. The maximum absolute atomic E-state index is 12.0. The first kappa shape index (κ1) is 23.7. The van der Waals surface area contributed by atoms with Crippen LogP contribution in [0.15, 0.2) is 41.5 Å². The van der Waals surface area contributed by atoms with Crippen molar-refractivity contribution in [1.82, 2.24) is 20.1 Å². The molecule has 1 heterocycles. The highest BCUT2D eigenvalue weighted by molar-refractivity contribution is 7.11. The second-order valence-electron chi connectivity index (χ2n) is 7.50. The molecule has 164 valence electrons. The van der Waals surface area contributed by atoms with Crippen molar-refractivity contribution in [2.75, 3.05) is 59.3 Å². The Morgan fingerprint density at radius 2 is 1.87 bits per heavy atom. The molecule has 1 aromatic heterocycles. The summed E-state index contributed by atoms with van der Waals surface area (Å²) in [5.41, 5.74) is 1.21. The molecule has 2 aromatic rings. The number of carbonyl (C=O) groups is 1. The largest absolute Gasteiger partial charge is 0.375 e. The number of amides is 1. The van der Waals surface area contributed by atoms with Gasteiger partial charge in [0.25, 0.3) is 0 Å². The lowest BCUT2D eigenvalue weighted by molar-refractivity contribution is -0.127. The number of nitrogens with one attached hydrogen (secondary N) is 1. The van der Waals surface area contributed by atoms with Crippen LogP contribution in [0.5, 0.6) is 0 Å². The van der Waals surface area contributed by atoms with Gasteiger partial charge in [-0.1, -0.05) is 18.2 Å². The fourth-order valence-corrected chi connectivity index (χ4v) is 3.59. The van der Waals surface area contributed by atoms with E-state index in [1.807, 2.05) is 19.3 Å². The van der Waals surface area contributed by atoms with E-state index >= 15 is 0 Å². The molecular weight excluding hydrogens is 396 g/mol. The van der Waals surface area contributed by atoms with Crippen LogP contribution < -0.4 is 10.2 Å². The summed E-state index contributed by atoms with van der Waals surface area (Å²) in [6, 6.07) is 10.4. The van der Waals surface area contributed by atoms with E-state index < -0.39 is 0 Å². The van der Waals surface area contributed by atoms with Crippen molar-refractivity contribution in [3.63, 3.8) is 0 Å². The maximum Gasteiger partial charge on any atom is 0.243 e. The molecule has 1 amide bonds. The van der Waals surface area contributed by atoms with Crippen LogP contribution in [-0.4, -0.2) is 81.0 Å². The topological polar surface area (TPSA) is 64.1 Å². The number of rotatable bonds is 10. The smallest absolute Gasteiger partial charge is 0.243 e. The number of thiazole rings is 1. The lowest BCUT2D eigenvalue weighted by Crippen LogP contribution is -2.41. The molecule has 8 heteroatoms. The van der Waals surface area contributed by atoms with E-state index in [0.29, 0.717) is 0 Å². The van der Waals surface area contributed by atoms with Gasteiger partial charge in [0.2, 0.25) is 5.91 Å². The molecule has 1 aromatic carbocycles. The van der Waals surface area contributed by atoms with E-state index in [1.165, 1.54) is 10.6 Å². The van der Waals surface area contributed by atoms with Crippen molar-refractivity contribution in [2.24, 2.45) is 4.99 Å². The quantitative estimate of drug-likeness (QED) is 0.356. The van der Waals surface area contributed by atoms with Crippen LogP contribution >= 0.6 is 11.3 Å². The van der Waals surface area contributed by atoms with Crippen LogP contribution in [0.1, 0.15) is 16.3 Å². The van der Waals surface area contributed by atoms with Crippen molar-refractivity contribution >= 4 is 28.9 Å². The summed E-state index contributed by atoms with van der Waals surface area (Å²) in [5, 5.41) is 4.54. The number of nitrogens with zero attached hydrogens (tertiary/aromatic N) is 5.